The van der Waals surface area contributed by atoms with E-state index in [1.165, 1.54) is 11.8 Å². The molecule has 0 radical (unpaired) electrons. The molecule has 1 N–H and O–H groups in total. The Bertz CT molecular complexity index is 756. The summed E-state index contributed by atoms with van der Waals surface area (Å²) in [4.78, 5) is 24.2. The fourth-order valence-electron chi connectivity index (χ4n) is 1.78. The summed E-state index contributed by atoms with van der Waals surface area (Å²) >= 11 is 7.23. The van der Waals surface area contributed by atoms with Crippen LogP contribution in [-0.2, 0) is 14.3 Å². The van der Waals surface area contributed by atoms with Crippen molar-refractivity contribution < 1.29 is 23.1 Å². The second kappa shape index (κ2) is 9.39. The number of benzene rings is 2. The van der Waals surface area contributed by atoms with Crippen molar-refractivity contribution >= 4 is 40.9 Å². The Morgan fingerprint density at radius 3 is 2.52 bits per heavy atom. The Balaban J connectivity index is 1.68. The van der Waals surface area contributed by atoms with E-state index in [0.717, 1.165) is 17.0 Å². The topological polar surface area (TPSA) is 55.4 Å². The van der Waals surface area contributed by atoms with E-state index in [2.05, 4.69) is 5.32 Å². The highest BCUT2D eigenvalue weighted by atomic mass is 35.5. The maximum Gasteiger partial charge on any atom is 0.307 e. The van der Waals surface area contributed by atoms with Gasteiger partial charge >= 0.3 is 5.97 Å². The number of carbonyl (C=O) groups excluding carboxylic acids is 2. The van der Waals surface area contributed by atoms with E-state index < -0.39 is 30.1 Å². The van der Waals surface area contributed by atoms with E-state index in [9.17, 15) is 18.4 Å². The molecule has 1 amide bonds. The quantitative estimate of drug-likeness (QED) is 0.571. The van der Waals surface area contributed by atoms with Crippen molar-refractivity contribution in [2.75, 3.05) is 17.7 Å². The molecule has 0 aliphatic heterocycles. The first-order valence-corrected chi connectivity index (χ1v) is 8.59. The zero-order valence-corrected chi connectivity index (χ0v) is 14.5. The molecular formula is C17H14ClF2NO3S. The summed E-state index contributed by atoms with van der Waals surface area (Å²) in [5.41, 5.74) is -0.180. The highest BCUT2D eigenvalue weighted by Gasteiger charge is 2.11. The van der Waals surface area contributed by atoms with Gasteiger partial charge < -0.3 is 10.1 Å². The van der Waals surface area contributed by atoms with Gasteiger partial charge in [0.25, 0.3) is 5.91 Å². The predicted molar refractivity (Wildman–Crippen MR) is 92.7 cm³/mol. The van der Waals surface area contributed by atoms with Gasteiger partial charge in [0.15, 0.2) is 6.61 Å². The van der Waals surface area contributed by atoms with Crippen molar-refractivity contribution in [3.05, 3.63) is 59.1 Å². The minimum atomic E-state index is -0.904. The highest BCUT2D eigenvalue weighted by Crippen LogP contribution is 2.21. The SMILES string of the molecule is O=C(COC(=O)CCSc1ccc(Cl)cc1)Nc1ccc(F)cc1F. The first-order chi connectivity index (χ1) is 11.9. The lowest BCUT2D eigenvalue weighted by atomic mass is 10.3. The molecule has 0 atom stereocenters. The van der Waals surface area contributed by atoms with Crippen LogP contribution in [0.5, 0.6) is 0 Å². The van der Waals surface area contributed by atoms with Gasteiger partial charge in [-0.15, -0.1) is 11.8 Å². The van der Waals surface area contributed by atoms with E-state index >= 15 is 0 Å². The number of halogens is 3. The molecule has 0 aliphatic carbocycles. The van der Waals surface area contributed by atoms with Crippen molar-refractivity contribution in [2.24, 2.45) is 0 Å². The third-order valence-corrected chi connectivity index (χ3v) is 4.22. The Kier molecular flexibility index (Phi) is 7.21. The molecule has 2 aromatic carbocycles. The third-order valence-electron chi connectivity index (χ3n) is 2.96. The van der Waals surface area contributed by atoms with Crippen LogP contribution in [0.1, 0.15) is 6.42 Å². The normalized spacial score (nSPS) is 10.4. The molecule has 2 aromatic rings. The van der Waals surface area contributed by atoms with Crippen molar-refractivity contribution in [2.45, 2.75) is 11.3 Å². The maximum atomic E-state index is 13.4. The zero-order valence-electron chi connectivity index (χ0n) is 12.9. The van der Waals surface area contributed by atoms with Gasteiger partial charge in [0.05, 0.1) is 12.1 Å². The van der Waals surface area contributed by atoms with E-state index in [4.69, 9.17) is 16.3 Å². The van der Waals surface area contributed by atoms with Crippen LogP contribution < -0.4 is 5.32 Å². The second-order valence-corrected chi connectivity index (χ2v) is 6.49. The van der Waals surface area contributed by atoms with Gasteiger partial charge in [-0.1, -0.05) is 11.6 Å². The minimum absolute atomic E-state index is 0.117. The van der Waals surface area contributed by atoms with E-state index in [1.54, 1.807) is 12.1 Å². The monoisotopic (exact) mass is 385 g/mol. The smallest absolute Gasteiger partial charge is 0.307 e. The number of carbonyl (C=O) groups is 2. The molecule has 0 spiro atoms. The van der Waals surface area contributed by atoms with Crippen molar-refractivity contribution in [3.8, 4) is 0 Å². The summed E-state index contributed by atoms with van der Waals surface area (Å²) in [7, 11) is 0. The number of nitrogens with one attached hydrogen (secondary N) is 1. The van der Waals surface area contributed by atoms with E-state index in [1.807, 2.05) is 12.1 Å². The van der Waals surface area contributed by atoms with Crippen molar-refractivity contribution in [1.82, 2.24) is 0 Å². The molecule has 132 valence electrons. The molecule has 0 saturated heterocycles. The number of thioether (sulfide) groups is 1. The Hall–Kier alpha value is -2.12. The molecule has 25 heavy (non-hydrogen) atoms. The Labute approximate surface area is 152 Å². The Morgan fingerprint density at radius 2 is 1.84 bits per heavy atom. The first-order valence-electron chi connectivity index (χ1n) is 7.23. The number of hydrogen-bond acceptors (Lipinski definition) is 4. The molecule has 0 saturated carbocycles. The first kappa shape index (κ1) is 19.2. The number of esters is 1. The van der Waals surface area contributed by atoms with E-state index in [-0.39, 0.29) is 12.1 Å². The molecule has 2 rings (SSSR count). The van der Waals surface area contributed by atoms with Crippen LogP contribution in [0, 0.1) is 11.6 Å². The standard InChI is InChI=1S/C17H14ClF2NO3S/c18-11-1-4-13(5-2-11)25-8-7-17(23)24-10-16(22)21-15-6-3-12(19)9-14(15)20/h1-6,9H,7-8,10H2,(H,21,22). The fraction of sp³-hybridized carbons (Fsp3) is 0.176. The average molecular weight is 386 g/mol. The highest BCUT2D eigenvalue weighted by molar-refractivity contribution is 7.99. The summed E-state index contributed by atoms with van der Waals surface area (Å²) in [6.45, 7) is -0.540. The largest absolute Gasteiger partial charge is 0.456 e. The zero-order chi connectivity index (χ0) is 18.2. The molecule has 0 heterocycles. The van der Waals surface area contributed by atoms with E-state index in [0.29, 0.717) is 16.8 Å². The molecular weight excluding hydrogens is 372 g/mol. The molecule has 0 fully saturated rings. The van der Waals surface area contributed by atoms with Crippen molar-refractivity contribution in [3.63, 3.8) is 0 Å². The maximum absolute atomic E-state index is 13.4. The van der Waals surface area contributed by atoms with Gasteiger partial charge in [0.1, 0.15) is 11.6 Å². The van der Waals surface area contributed by atoms with Crippen LogP contribution in [0.3, 0.4) is 0 Å². The van der Waals surface area contributed by atoms with Crippen LogP contribution in [-0.4, -0.2) is 24.2 Å². The predicted octanol–water partition coefficient (Wildman–Crippen LogP) is 4.28. The van der Waals surface area contributed by atoms with Gasteiger partial charge in [-0.25, -0.2) is 8.78 Å². The molecule has 0 unspecified atom stereocenters. The van der Waals surface area contributed by atoms with Crippen LogP contribution >= 0.6 is 23.4 Å². The second-order valence-electron chi connectivity index (χ2n) is 4.89. The molecule has 4 nitrogen and oxygen atoms in total. The van der Waals surface area contributed by atoms with Crippen LogP contribution in [0.2, 0.25) is 5.02 Å². The number of amides is 1. The lowest BCUT2D eigenvalue weighted by Gasteiger charge is -2.07. The van der Waals surface area contributed by atoms with Gasteiger partial charge in [-0.3, -0.25) is 9.59 Å². The summed E-state index contributed by atoms with van der Waals surface area (Å²) < 4.78 is 31.0. The van der Waals surface area contributed by atoms with Crippen LogP contribution in [0.15, 0.2) is 47.4 Å². The average Bonchev–Trinajstić information content (AvgIpc) is 2.57. The summed E-state index contributed by atoms with van der Waals surface area (Å²) in [6, 6.07) is 9.93. The number of rotatable bonds is 7. The molecule has 0 aliphatic rings. The lowest BCUT2D eigenvalue weighted by molar-refractivity contribution is -0.146. The molecule has 0 bridgehead atoms. The summed E-state index contributed by atoms with van der Waals surface area (Å²) in [6.07, 6.45) is 0.117. The summed E-state index contributed by atoms with van der Waals surface area (Å²) in [5.74, 6) is -2.42. The minimum Gasteiger partial charge on any atom is -0.456 e. The van der Waals surface area contributed by atoms with Gasteiger partial charge in [0.2, 0.25) is 0 Å². The van der Waals surface area contributed by atoms with Crippen molar-refractivity contribution in [1.29, 1.82) is 0 Å². The number of anilines is 1. The van der Waals surface area contributed by atoms with Crippen LogP contribution in [0.25, 0.3) is 0 Å². The van der Waals surface area contributed by atoms with Crippen LogP contribution in [0.4, 0.5) is 14.5 Å². The number of ether oxygens (including phenoxy) is 1. The Morgan fingerprint density at radius 1 is 1.12 bits per heavy atom. The summed E-state index contributed by atoms with van der Waals surface area (Å²) in [5, 5.41) is 2.84. The number of hydrogen-bond donors (Lipinski definition) is 1. The van der Waals surface area contributed by atoms with Gasteiger partial charge in [0, 0.05) is 21.7 Å². The third kappa shape index (κ3) is 6.72. The molecule has 8 heteroatoms. The van der Waals surface area contributed by atoms with Gasteiger partial charge in [-0.05, 0) is 36.4 Å². The van der Waals surface area contributed by atoms with Gasteiger partial charge in [-0.2, -0.15) is 0 Å². The molecule has 0 aromatic heterocycles. The fourth-order valence-corrected chi connectivity index (χ4v) is 2.74. The lowest BCUT2D eigenvalue weighted by Crippen LogP contribution is -2.21.